The molecule has 6 heteroatoms. The normalized spacial score (nSPS) is 30.6. The average molecular weight is 344 g/mol. The van der Waals surface area contributed by atoms with Crippen molar-refractivity contribution in [2.45, 2.75) is 76.1 Å². The minimum Gasteiger partial charge on any atom is -0.337 e. The number of nitrogens with one attached hydrogen (secondary N) is 2. The Balaban J connectivity index is 1.72. The number of amides is 2. The molecule has 0 unspecified atom stereocenters. The molecule has 2 N–H and O–H groups in total. The first-order valence-corrected chi connectivity index (χ1v) is 10.7. The highest BCUT2D eigenvalue weighted by Gasteiger charge is 2.27. The van der Waals surface area contributed by atoms with Gasteiger partial charge >= 0.3 is 6.03 Å². The summed E-state index contributed by atoms with van der Waals surface area (Å²) in [4.78, 5) is 14.6. The average Bonchev–Trinajstić information content (AvgIpc) is 2.59. The van der Waals surface area contributed by atoms with Gasteiger partial charge in [0.05, 0.1) is 0 Å². The number of rotatable bonds is 6. The lowest BCUT2D eigenvalue weighted by Crippen LogP contribution is -2.51. The molecule has 2 aliphatic rings. The summed E-state index contributed by atoms with van der Waals surface area (Å²) in [5.74, 6) is 0.720. The third-order valence-electron chi connectivity index (χ3n) is 5.27. The Bertz CT molecular complexity index is 405. The topological polar surface area (TPSA) is 61.4 Å². The van der Waals surface area contributed by atoms with Gasteiger partial charge in [0, 0.05) is 40.4 Å². The summed E-state index contributed by atoms with van der Waals surface area (Å²) in [6.07, 6.45) is 7.68. The van der Waals surface area contributed by atoms with Crippen molar-refractivity contribution in [1.29, 1.82) is 0 Å². The van der Waals surface area contributed by atoms with Crippen LogP contribution in [0, 0.1) is 0 Å². The molecule has 1 heterocycles. The van der Waals surface area contributed by atoms with Crippen LogP contribution >= 0.6 is 0 Å². The van der Waals surface area contributed by atoms with E-state index in [1.54, 1.807) is 0 Å². The van der Waals surface area contributed by atoms with Crippen molar-refractivity contribution >= 4 is 16.8 Å². The van der Waals surface area contributed by atoms with Crippen LogP contribution in [0.1, 0.15) is 58.8 Å². The Morgan fingerprint density at radius 2 is 2.00 bits per heavy atom. The molecule has 4 atom stereocenters. The smallest absolute Gasteiger partial charge is 0.315 e. The summed E-state index contributed by atoms with van der Waals surface area (Å²) in [7, 11) is -0.741. The number of urea groups is 1. The molecular formula is C17H33N3O2S. The summed E-state index contributed by atoms with van der Waals surface area (Å²) in [5.41, 5.74) is 0. The van der Waals surface area contributed by atoms with Crippen molar-refractivity contribution in [2.24, 2.45) is 0 Å². The quantitative estimate of drug-likeness (QED) is 0.777. The van der Waals surface area contributed by atoms with Crippen LogP contribution in [0.3, 0.4) is 0 Å². The molecule has 1 aliphatic carbocycles. The highest BCUT2D eigenvalue weighted by Crippen LogP contribution is 2.23. The molecule has 1 aliphatic heterocycles. The van der Waals surface area contributed by atoms with E-state index in [0.29, 0.717) is 6.04 Å². The number of hydrogen-bond donors (Lipinski definition) is 2. The molecule has 2 rings (SSSR count). The number of likely N-dealkylation sites (N-methyl/N-ethyl adjacent to an activating group) is 1. The zero-order valence-electron chi connectivity index (χ0n) is 14.7. The number of hydrogen-bond acceptors (Lipinski definition) is 3. The van der Waals surface area contributed by atoms with Gasteiger partial charge < -0.3 is 10.6 Å². The van der Waals surface area contributed by atoms with Gasteiger partial charge in [0.1, 0.15) is 0 Å². The fourth-order valence-corrected chi connectivity index (χ4v) is 5.25. The first-order valence-electron chi connectivity index (χ1n) is 9.29. The largest absolute Gasteiger partial charge is 0.337 e. The Morgan fingerprint density at radius 1 is 1.17 bits per heavy atom. The predicted octanol–water partition coefficient (Wildman–Crippen LogP) is 2.24. The number of carbonyl (C=O) groups excluding carboxylic acids is 1. The monoisotopic (exact) mass is 343 g/mol. The number of nitrogens with zero attached hydrogens (tertiary/aromatic N) is 1. The second kappa shape index (κ2) is 9.62. The SMILES string of the molecule is CCN1CCCC[C@@H]1CNC(=O)N[C@@H]1CCC[C@H]([S@@](=O)CC)C1. The van der Waals surface area contributed by atoms with E-state index in [9.17, 15) is 9.00 Å². The molecule has 1 saturated heterocycles. The summed E-state index contributed by atoms with van der Waals surface area (Å²) < 4.78 is 12.0. The lowest BCUT2D eigenvalue weighted by Gasteiger charge is -2.35. The molecule has 2 fully saturated rings. The van der Waals surface area contributed by atoms with Gasteiger partial charge in [0.2, 0.25) is 0 Å². The molecule has 0 bridgehead atoms. The Morgan fingerprint density at radius 3 is 2.74 bits per heavy atom. The molecule has 23 heavy (non-hydrogen) atoms. The van der Waals surface area contributed by atoms with Crippen LogP contribution in [-0.4, -0.2) is 57.9 Å². The minimum atomic E-state index is -0.741. The van der Waals surface area contributed by atoms with E-state index in [1.165, 1.54) is 19.3 Å². The van der Waals surface area contributed by atoms with Crippen LogP contribution in [0.25, 0.3) is 0 Å². The second-order valence-electron chi connectivity index (χ2n) is 6.79. The van der Waals surface area contributed by atoms with E-state index in [4.69, 9.17) is 0 Å². The van der Waals surface area contributed by atoms with Crippen LogP contribution in [0.5, 0.6) is 0 Å². The van der Waals surface area contributed by atoms with Gasteiger partial charge in [-0.1, -0.05) is 26.7 Å². The van der Waals surface area contributed by atoms with Crippen molar-refractivity contribution in [3.8, 4) is 0 Å². The molecule has 0 aromatic rings. The predicted molar refractivity (Wildman–Crippen MR) is 96.1 cm³/mol. The Labute approximate surface area is 143 Å². The molecule has 0 radical (unpaired) electrons. The van der Waals surface area contributed by atoms with Crippen molar-refractivity contribution in [2.75, 3.05) is 25.4 Å². The first kappa shape index (κ1) is 18.7. The van der Waals surface area contributed by atoms with E-state index in [-0.39, 0.29) is 17.3 Å². The maximum absolute atomic E-state index is 12.2. The van der Waals surface area contributed by atoms with Crippen molar-refractivity contribution in [3.63, 3.8) is 0 Å². The van der Waals surface area contributed by atoms with Gasteiger partial charge in [-0.2, -0.15) is 0 Å². The zero-order chi connectivity index (χ0) is 16.7. The van der Waals surface area contributed by atoms with E-state index in [2.05, 4.69) is 22.5 Å². The summed E-state index contributed by atoms with van der Waals surface area (Å²) in [6.45, 7) is 7.10. The number of likely N-dealkylation sites (tertiary alicyclic amines) is 1. The summed E-state index contributed by atoms with van der Waals surface area (Å²) >= 11 is 0. The van der Waals surface area contributed by atoms with E-state index < -0.39 is 10.8 Å². The lowest BCUT2D eigenvalue weighted by molar-refractivity contribution is 0.153. The van der Waals surface area contributed by atoms with Crippen LogP contribution in [-0.2, 0) is 10.8 Å². The number of piperidine rings is 1. The van der Waals surface area contributed by atoms with Crippen LogP contribution in [0.4, 0.5) is 4.79 Å². The molecule has 5 nitrogen and oxygen atoms in total. The van der Waals surface area contributed by atoms with E-state index in [1.807, 2.05) is 6.92 Å². The highest BCUT2D eigenvalue weighted by atomic mass is 32.2. The molecule has 0 aromatic heterocycles. The first-order chi connectivity index (χ1) is 11.1. The molecule has 0 spiro atoms. The molecule has 0 aromatic carbocycles. The molecule has 1 saturated carbocycles. The highest BCUT2D eigenvalue weighted by molar-refractivity contribution is 7.85. The van der Waals surface area contributed by atoms with E-state index in [0.717, 1.165) is 51.1 Å². The fraction of sp³-hybridized carbons (Fsp3) is 0.941. The maximum Gasteiger partial charge on any atom is 0.315 e. The second-order valence-corrected chi connectivity index (χ2v) is 8.79. The van der Waals surface area contributed by atoms with Gasteiger partial charge in [-0.3, -0.25) is 9.11 Å². The van der Waals surface area contributed by atoms with Crippen molar-refractivity contribution < 1.29 is 9.00 Å². The van der Waals surface area contributed by atoms with Gasteiger partial charge in [-0.15, -0.1) is 0 Å². The Kier molecular flexibility index (Phi) is 7.83. The molecule has 134 valence electrons. The minimum absolute atomic E-state index is 0.0560. The zero-order valence-corrected chi connectivity index (χ0v) is 15.5. The third kappa shape index (κ3) is 5.75. The van der Waals surface area contributed by atoms with Gasteiger partial charge in [-0.05, 0) is 45.2 Å². The summed E-state index contributed by atoms with van der Waals surface area (Å²) in [5, 5.41) is 6.41. The van der Waals surface area contributed by atoms with E-state index >= 15 is 0 Å². The van der Waals surface area contributed by atoms with Gasteiger partial charge in [0.15, 0.2) is 0 Å². The van der Waals surface area contributed by atoms with Gasteiger partial charge in [-0.25, -0.2) is 4.79 Å². The molecular weight excluding hydrogens is 310 g/mol. The Hall–Kier alpha value is -0.620. The third-order valence-corrected chi connectivity index (χ3v) is 7.01. The number of carbonyl (C=O) groups is 1. The lowest BCUT2D eigenvalue weighted by atomic mass is 9.95. The standard InChI is InChI=1S/C17H33N3O2S/c1-3-20-11-6-5-9-15(20)13-18-17(21)19-14-8-7-10-16(12-14)23(22)4-2/h14-16H,3-13H2,1-2H3,(H2,18,19,21)/t14-,15-,16+,23+/m1/s1. The maximum atomic E-state index is 12.2. The van der Waals surface area contributed by atoms with Crippen molar-refractivity contribution in [1.82, 2.24) is 15.5 Å². The molecule has 2 amide bonds. The van der Waals surface area contributed by atoms with Gasteiger partial charge in [0.25, 0.3) is 0 Å². The van der Waals surface area contributed by atoms with Crippen molar-refractivity contribution in [3.05, 3.63) is 0 Å². The fourth-order valence-electron chi connectivity index (χ4n) is 3.90. The van der Waals surface area contributed by atoms with Crippen LogP contribution in [0.15, 0.2) is 0 Å². The van der Waals surface area contributed by atoms with Crippen LogP contribution < -0.4 is 10.6 Å². The summed E-state index contributed by atoms with van der Waals surface area (Å²) in [6, 6.07) is 0.601. The van der Waals surface area contributed by atoms with Crippen LogP contribution in [0.2, 0.25) is 0 Å².